The van der Waals surface area contributed by atoms with Crippen molar-refractivity contribution in [3.63, 3.8) is 0 Å². The number of hydrogen-bond donors (Lipinski definition) is 3. The normalized spacial score (nSPS) is 9.96. The van der Waals surface area contributed by atoms with Crippen molar-refractivity contribution in [2.45, 2.75) is 44.8 Å². The third-order valence-corrected chi connectivity index (χ3v) is 5.25. The number of H-pyrrole nitrogens is 1. The lowest BCUT2D eigenvalue weighted by atomic mass is 10.1. The molecule has 7 nitrogen and oxygen atoms in total. The van der Waals surface area contributed by atoms with Crippen LogP contribution >= 0.6 is 47.9 Å². The molecule has 27 heavy (non-hydrogen) atoms. The number of nitrogens with one attached hydrogen (secondary N) is 1. The fourth-order valence-corrected chi connectivity index (χ4v) is 3.85. The van der Waals surface area contributed by atoms with Crippen molar-refractivity contribution in [1.29, 1.82) is 0 Å². The van der Waals surface area contributed by atoms with Gasteiger partial charge in [-0.2, -0.15) is 21.7 Å². The summed E-state index contributed by atoms with van der Waals surface area (Å²) in [5.74, 6) is 2.38. The molecule has 2 heterocycles. The second-order valence-electron chi connectivity index (χ2n) is 5.60. The highest BCUT2D eigenvalue weighted by molar-refractivity contribution is 7.98. The first-order valence-electron chi connectivity index (χ1n) is 8.27. The van der Waals surface area contributed by atoms with E-state index in [0.29, 0.717) is 5.13 Å². The molecule has 0 radical (unpaired) electrons. The zero-order valence-corrected chi connectivity index (χ0v) is 18.4. The van der Waals surface area contributed by atoms with E-state index in [-0.39, 0.29) is 36.3 Å². The third-order valence-electron chi connectivity index (χ3n) is 3.47. The zero-order chi connectivity index (χ0) is 18.1. The molecule has 0 amide bonds. The molecule has 5 N–H and O–H groups in total. The molecule has 0 unspecified atom stereocenters. The number of aromatic nitrogens is 3. The van der Waals surface area contributed by atoms with Crippen molar-refractivity contribution < 1.29 is 0 Å². The first kappa shape index (κ1) is 25.7. The first-order valence-corrected chi connectivity index (χ1v) is 10.3. The summed E-state index contributed by atoms with van der Waals surface area (Å²) in [6, 6.07) is 0. The van der Waals surface area contributed by atoms with Crippen LogP contribution in [0.15, 0.2) is 21.4 Å². The Balaban J connectivity index is 0.00000338. The van der Waals surface area contributed by atoms with Crippen LogP contribution in [0, 0.1) is 0 Å². The Morgan fingerprint density at radius 1 is 1.26 bits per heavy atom. The van der Waals surface area contributed by atoms with Gasteiger partial charge in [0.1, 0.15) is 5.82 Å². The fourth-order valence-electron chi connectivity index (χ4n) is 2.20. The van der Waals surface area contributed by atoms with Crippen LogP contribution in [0.4, 0.5) is 5.13 Å². The highest BCUT2D eigenvalue weighted by Gasteiger charge is 2.05. The van der Waals surface area contributed by atoms with Gasteiger partial charge in [0.15, 0.2) is 5.96 Å². The number of guanidine groups is 1. The van der Waals surface area contributed by atoms with Gasteiger partial charge in [0.05, 0.1) is 5.69 Å². The lowest BCUT2D eigenvalue weighted by Crippen LogP contribution is -2.21. The second-order valence-corrected chi connectivity index (χ2v) is 7.54. The number of hydrogen-bond acceptors (Lipinski definition) is 6. The fraction of sp³-hybridized carbons (Fsp3) is 0.500. The largest absolute Gasteiger partial charge is 0.370 e. The van der Waals surface area contributed by atoms with Gasteiger partial charge >= 0.3 is 0 Å². The molecule has 0 saturated heterocycles. The number of aromatic amines is 1. The Bertz CT molecular complexity index is 761. The molecule has 11 heteroatoms. The van der Waals surface area contributed by atoms with Gasteiger partial charge in [0.2, 0.25) is 5.13 Å². The van der Waals surface area contributed by atoms with E-state index >= 15 is 0 Å². The van der Waals surface area contributed by atoms with Gasteiger partial charge < -0.3 is 16.5 Å². The number of unbranched alkanes of at least 4 members (excludes halogenated alkanes) is 2. The predicted octanol–water partition coefficient (Wildman–Crippen LogP) is 3.18. The van der Waals surface area contributed by atoms with E-state index < -0.39 is 0 Å². The molecular formula is C16H26Cl2N6OS2. The SMILES string of the molecule is CCCCCc1c[nH]c(CCSCc2csc(N=C(N)N)n2)nc1=O.Cl.Cl. The maximum atomic E-state index is 12.0. The van der Waals surface area contributed by atoms with Crippen LogP contribution in [0.5, 0.6) is 0 Å². The molecule has 0 aliphatic rings. The smallest absolute Gasteiger partial charge is 0.276 e. The monoisotopic (exact) mass is 452 g/mol. The van der Waals surface area contributed by atoms with Crippen LogP contribution in [0.1, 0.15) is 43.3 Å². The number of rotatable bonds is 10. The highest BCUT2D eigenvalue weighted by Crippen LogP contribution is 2.21. The van der Waals surface area contributed by atoms with Gasteiger partial charge in [-0.15, -0.1) is 36.2 Å². The van der Waals surface area contributed by atoms with Crippen LogP contribution in [0.3, 0.4) is 0 Å². The van der Waals surface area contributed by atoms with Gasteiger partial charge in [-0.25, -0.2) is 4.98 Å². The van der Waals surface area contributed by atoms with E-state index in [9.17, 15) is 4.79 Å². The van der Waals surface area contributed by atoms with E-state index in [4.69, 9.17) is 11.5 Å². The van der Waals surface area contributed by atoms with Crippen LogP contribution in [-0.2, 0) is 18.6 Å². The minimum Gasteiger partial charge on any atom is -0.370 e. The number of nitrogens with two attached hydrogens (primary N) is 2. The molecule has 0 saturated carbocycles. The van der Waals surface area contributed by atoms with Crippen LogP contribution in [-0.4, -0.2) is 26.7 Å². The first-order chi connectivity index (χ1) is 12.1. The minimum absolute atomic E-state index is 0. The molecule has 0 bridgehead atoms. The van der Waals surface area contributed by atoms with E-state index in [1.54, 1.807) is 11.8 Å². The molecule has 0 aliphatic heterocycles. The molecule has 2 aromatic rings. The molecule has 0 atom stereocenters. The number of aliphatic imine (C=N–C) groups is 1. The maximum Gasteiger partial charge on any atom is 0.276 e. The van der Waals surface area contributed by atoms with Gasteiger partial charge in [-0.05, 0) is 12.8 Å². The van der Waals surface area contributed by atoms with Crippen LogP contribution < -0.4 is 17.0 Å². The summed E-state index contributed by atoms with van der Waals surface area (Å²) >= 11 is 3.14. The molecule has 0 aliphatic carbocycles. The Kier molecular flexibility index (Phi) is 13.2. The highest BCUT2D eigenvalue weighted by atomic mass is 35.5. The molecule has 0 aromatic carbocycles. The van der Waals surface area contributed by atoms with Gasteiger partial charge in [-0.1, -0.05) is 19.8 Å². The summed E-state index contributed by atoms with van der Waals surface area (Å²) < 4.78 is 0. The number of aryl methyl sites for hydroxylation is 2. The topological polar surface area (TPSA) is 123 Å². The Morgan fingerprint density at radius 3 is 2.70 bits per heavy atom. The van der Waals surface area contributed by atoms with Crippen molar-refractivity contribution in [1.82, 2.24) is 15.0 Å². The van der Waals surface area contributed by atoms with Crippen LogP contribution in [0.2, 0.25) is 0 Å². The molecule has 0 fully saturated rings. The second kappa shape index (κ2) is 13.8. The van der Waals surface area contributed by atoms with Gasteiger partial charge in [0, 0.05) is 35.1 Å². The molecule has 2 rings (SSSR count). The molecular weight excluding hydrogens is 427 g/mol. The average molecular weight is 453 g/mol. The standard InChI is InChI=1S/C16H24N6OS2.2ClH/c1-2-3-4-5-11-8-19-13(21-14(11)23)6-7-24-9-12-10-25-16(20-12)22-15(17)18;;/h8,10H,2-7,9H2,1H3,(H,19,21,23)(H4,17,18,20,22);2*1H. The number of halogens is 2. The number of thiazole rings is 1. The van der Waals surface area contributed by atoms with Gasteiger partial charge in [0.25, 0.3) is 5.56 Å². The van der Waals surface area contributed by atoms with E-state index in [0.717, 1.165) is 60.7 Å². The lowest BCUT2D eigenvalue weighted by Gasteiger charge is -2.03. The summed E-state index contributed by atoms with van der Waals surface area (Å²) in [6.07, 6.45) is 6.65. The van der Waals surface area contributed by atoms with Gasteiger partial charge in [-0.3, -0.25) is 4.79 Å². The Morgan fingerprint density at radius 2 is 2.04 bits per heavy atom. The maximum absolute atomic E-state index is 12.0. The Hall–Kier alpha value is -1.29. The summed E-state index contributed by atoms with van der Waals surface area (Å²) in [6.45, 7) is 2.15. The van der Waals surface area contributed by atoms with Crippen molar-refractivity contribution in [3.8, 4) is 0 Å². The van der Waals surface area contributed by atoms with E-state index in [2.05, 4.69) is 26.9 Å². The van der Waals surface area contributed by atoms with Crippen molar-refractivity contribution in [2.75, 3.05) is 5.75 Å². The molecule has 0 spiro atoms. The van der Waals surface area contributed by atoms with Crippen molar-refractivity contribution in [2.24, 2.45) is 16.5 Å². The van der Waals surface area contributed by atoms with E-state index in [1.165, 1.54) is 11.3 Å². The average Bonchev–Trinajstić information content (AvgIpc) is 3.00. The summed E-state index contributed by atoms with van der Waals surface area (Å²) in [7, 11) is 0. The van der Waals surface area contributed by atoms with Crippen LogP contribution in [0.25, 0.3) is 0 Å². The zero-order valence-electron chi connectivity index (χ0n) is 15.1. The third kappa shape index (κ3) is 9.46. The quantitative estimate of drug-likeness (QED) is 0.288. The van der Waals surface area contributed by atoms with E-state index in [1.807, 2.05) is 11.6 Å². The molecule has 2 aromatic heterocycles. The van der Waals surface area contributed by atoms with Crippen molar-refractivity contribution >= 4 is 59.0 Å². The summed E-state index contributed by atoms with van der Waals surface area (Å²) in [5.41, 5.74) is 12.3. The summed E-state index contributed by atoms with van der Waals surface area (Å²) in [5, 5.41) is 2.51. The number of nitrogens with zero attached hydrogens (tertiary/aromatic N) is 3. The molecule has 152 valence electrons. The minimum atomic E-state index is -0.101. The number of thioether (sulfide) groups is 1. The van der Waals surface area contributed by atoms with Crippen molar-refractivity contribution in [3.05, 3.63) is 39.0 Å². The predicted molar refractivity (Wildman–Crippen MR) is 120 cm³/mol. The lowest BCUT2D eigenvalue weighted by molar-refractivity contribution is 0.708. The summed E-state index contributed by atoms with van der Waals surface area (Å²) in [4.78, 5) is 27.5. The Labute approximate surface area is 179 Å².